The lowest BCUT2D eigenvalue weighted by molar-refractivity contribution is -0.137. The maximum atomic E-state index is 11.9. The number of carboxylic acid groups (broad SMARTS) is 1. The van der Waals surface area contributed by atoms with E-state index < -0.39 is 5.97 Å². The molecule has 140 valence electrons. The number of hydrogen-bond donors (Lipinski definition) is 2. The zero-order valence-corrected chi connectivity index (χ0v) is 15.3. The zero-order valence-electron chi connectivity index (χ0n) is 15.3. The number of carbonyl (C=O) groups is 2. The van der Waals surface area contributed by atoms with Crippen molar-refractivity contribution >= 4 is 11.8 Å². The fraction of sp³-hybridized carbons (Fsp3) is 0.900. The summed E-state index contributed by atoms with van der Waals surface area (Å²) in [5, 5.41) is 18.8. The lowest BCUT2D eigenvalue weighted by Gasteiger charge is -2.22. The zero-order chi connectivity index (χ0) is 17.8. The molecule has 0 radical (unpaired) electrons. The highest BCUT2D eigenvalue weighted by Crippen LogP contribution is 2.38. The van der Waals surface area contributed by atoms with Crippen molar-refractivity contribution in [3.63, 3.8) is 0 Å². The Labute approximate surface area is 147 Å². The third kappa shape index (κ3) is 8.81. The molecule has 1 saturated carbocycles. The first-order chi connectivity index (χ1) is 11.5. The van der Waals surface area contributed by atoms with E-state index in [0.29, 0.717) is 24.0 Å². The third-order valence-electron chi connectivity index (χ3n) is 5.46. The molecule has 1 rings (SSSR count). The number of aliphatic carboxylic acids is 1. The Morgan fingerprint density at radius 2 is 1.58 bits per heavy atom. The van der Waals surface area contributed by atoms with E-state index in [-0.39, 0.29) is 12.5 Å². The number of unbranched alkanes of at least 4 members (excludes halogenated alkanes) is 5. The molecule has 24 heavy (non-hydrogen) atoms. The van der Waals surface area contributed by atoms with Gasteiger partial charge in [0.05, 0.1) is 6.10 Å². The van der Waals surface area contributed by atoms with Crippen LogP contribution < -0.4 is 0 Å². The van der Waals surface area contributed by atoms with Gasteiger partial charge in [-0.25, -0.2) is 0 Å². The molecule has 0 aromatic rings. The maximum absolute atomic E-state index is 11.9. The molecule has 2 N–H and O–H groups in total. The number of carbonyl (C=O) groups excluding carboxylic acids is 1. The first kappa shape index (κ1) is 21.1. The van der Waals surface area contributed by atoms with Crippen LogP contribution >= 0.6 is 0 Å². The van der Waals surface area contributed by atoms with Gasteiger partial charge in [0, 0.05) is 19.3 Å². The van der Waals surface area contributed by atoms with Crippen molar-refractivity contribution in [2.75, 3.05) is 0 Å². The SMILES string of the molecule is CCCCCC(=O)CC[C@@H]1CC[C@H](O)[C@H]1CCCCCCC(=O)O. The summed E-state index contributed by atoms with van der Waals surface area (Å²) in [4.78, 5) is 22.4. The molecule has 3 atom stereocenters. The first-order valence-corrected chi connectivity index (χ1v) is 9.96. The van der Waals surface area contributed by atoms with Crippen molar-refractivity contribution in [1.82, 2.24) is 0 Å². The molecule has 0 bridgehead atoms. The van der Waals surface area contributed by atoms with E-state index in [9.17, 15) is 14.7 Å². The van der Waals surface area contributed by atoms with Crippen molar-refractivity contribution in [2.45, 2.75) is 103 Å². The van der Waals surface area contributed by atoms with Gasteiger partial charge in [-0.1, -0.05) is 39.0 Å². The average molecular weight is 341 g/mol. The normalized spacial score (nSPS) is 23.5. The Balaban J connectivity index is 2.19. The van der Waals surface area contributed by atoms with E-state index in [0.717, 1.165) is 77.0 Å². The largest absolute Gasteiger partial charge is 0.481 e. The molecule has 0 aromatic carbocycles. The Hall–Kier alpha value is -0.900. The van der Waals surface area contributed by atoms with Gasteiger partial charge in [0.1, 0.15) is 5.78 Å². The number of ketones is 1. The molecule has 4 nitrogen and oxygen atoms in total. The number of rotatable bonds is 14. The summed E-state index contributed by atoms with van der Waals surface area (Å²) in [7, 11) is 0. The standard InChI is InChI=1S/C20H36O4/c1-2-3-6-9-17(21)14-12-16-13-15-19(22)18(16)10-7-4-5-8-11-20(23)24/h16,18-19,22H,2-15H2,1H3,(H,23,24)/t16-,18+,19+/m1/s1. The summed E-state index contributed by atoms with van der Waals surface area (Å²) in [6.07, 6.45) is 12.4. The lowest BCUT2D eigenvalue weighted by atomic mass is 9.85. The minimum atomic E-state index is -0.718. The number of aliphatic hydroxyl groups is 1. The number of hydrogen-bond acceptors (Lipinski definition) is 3. The predicted molar refractivity (Wildman–Crippen MR) is 95.9 cm³/mol. The molecule has 0 amide bonds. The van der Waals surface area contributed by atoms with Crippen LogP contribution in [0.2, 0.25) is 0 Å². The summed E-state index contributed by atoms with van der Waals surface area (Å²) in [5.74, 6) is 0.504. The van der Waals surface area contributed by atoms with Gasteiger partial charge in [-0.3, -0.25) is 9.59 Å². The lowest BCUT2D eigenvalue weighted by Crippen LogP contribution is -2.20. The third-order valence-corrected chi connectivity index (χ3v) is 5.46. The fourth-order valence-corrected chi connectivity index (χ4v) is 3.97. The molecular weight excluding hydrogens is 304 g/mol. The van der Waals surface area contributed by atoms with Gasteiger partial charge in [-0.15, -0.1) is 0 Å². The van der Waals surface area contributed by atoms with E-state index in [1.54, 1.807) is 0 Å². The Bertz CT molecular complexity index is 367. The second-order valence-corrected chi connectivity index (χ2v) is 7.45. The smallest absolute Gasteiger partial charge is 0.303 e. The molecule has 0 unspecified atom stereocenters. The molecule has 0 aliphatic heterocycles. The van der Waals surface area contributed by atoms with Crippen LogP contribution in [0.3, 0.4) is 0 Å². The van der Waals surface area contributed by atoms with Crippen LogP contribution in [0.25, 0.3) is 0 Å². The first-order valence-electron chi connectivity index (χ1n) is 9.96. The molecule has 1 aliphatic carbocycles. The fourth-order valence-electron chi connectivity index (χ4n) is 3.97. The van der Waals surface area contributed by atoms with Crippen LogP contribution in [-0.2, 0) is 9.59 Å². The van der Waals surface area contributed by atoms with Gasteiger partial charge in [0.2, 0.25) is 0 Å². The molecule has 1 aliphatic rings. The van der Waals surface area contributed by atoms with Crippen LogP contribution in [0.5, 0.6) is 0 Å². The second kappa shape index (κ2) is 12.5. The van der Waals surface area contributed by atoms with Gasteiger partial charge >= 0.3 is 5.97 Å². The van der Waals surface area contributed by atoms with Gasteiger partial charge in [0.15, 0.2) is 0 Å². The monoisotopic (exact) mass is 340 g/mol. The van der Waals surface area contributed by atoms with Gasteiger partial charge in [-0.05, 0) is 50.4 Å². The summed E-state index contributed by atoms with van der Waals surface area (Å²) < 4.78 is 0. The van der Waals surface area contributed by atoms with E-state index >= 15 is 0 Å². The van der Waals surface area contributed by atoms with Crippen LogP contribution in [-0.4, -0.2) is 28.1 Å². The topological polar surface area (TPSA) is 74.6 Å². The molecule has 0 heterocycles. The predicted octanol–water partition coefficient (Wildman–Crippen LogP) is 4.73. The number of Topliss-reactive ketones (excluding diaryl/α,β-unsaturated/α-hetero) is 1. The van der Waals surface area contributed by atoms with Gasteiger partial charge in [-0.2, -0.15) is 0 Å². The Morgan fingerprint density at radius 1 is 0.875 bits per heavy atom. The van der Waals surface area contributed by atoms with Crippen molar-refractivity contribution in [3.05, 3.63) is 0 Å². The summed E-state index contributed by atoms with van der Waals surface area (Å²) >= 11 is 0. The summed E-state index contributed by atoms with van der Waals surface area (Å²) in [5.41, 5.74) is 0. The number of aliphatic hydroxyl groups excluding tert-OH is 1. The summed E-state index contributed by atoms with van der Waals surface area (Å²) in [6.45, 7) is 2.15. The minimum absolute atomic E-state index is 0.204. The van der Waals surface area contributed by atoms with Crippen molar-refractivity contribution in [3.8, 4) is 0 Å². The highest BCUT2D eigenvalue weighted by molar-refractivity contribution is 5.78. The maximum Gasteiger partial charge on any atom is 0.303 e. The van der Waals surface area contributed by atoms with E-state index in [1.165, 1.54) is 0 Å². The Morgan fingerprint density at radius 3 is 2.29 bits per heavy atom. The van der Waals surface area contributed by atoms with E-state index in [4.69, 9.17) is 5.11 Å². The van der Waals surface area contributed by atoms with E-state index in [2.05, 4.69) is 6.92 Å². The van der Waals surface area contributed by atoms with Crippen molar-refractivity contribution in [1.29, 1.82) is 0 Å². The second-order valence-electron chi connectivity index (χ2n) is 7.45. The van der Waals surface area contributed by atoms with Crippen molar-refractivity contribution < 1.29 is 19.8 Å². The quantitative estimate of drug-likeness (QED) is 0.448. The molecular formula is C20H36O4. The van der Waals surface area contributed by atoms with Crippen LogP contribution in [0.4, 0.5) is 0 Å². The molecule has 4 heteroatoms. The molecule has 0 spiro atoms. The molecule has 0 saturated heterocycles. The van der Waals surface area contributed by atoms with Crippen LogP contribution in [0.1, 0.15) is 96.8 Å². The highest BCUT2D eigenvalue weighted by atomic mass is 16.4. The minimum Gasteiger partial charge on any atom is -0.481 e. The Kier molecular flexibility index (Phi) is 11.0. The average Bonchev–Trinajstić information content (AvgIpc) is 2.89. The number of carboxylic acids is 1. The van der Waals surface area contributed by atoms with Crippen LogP contribution in [0, 0.1) is 11.8 Å². The summed E-state index contributed by atoms with van der Waals surface area (Å²) in [6, 6.07) is 0. The van der Waals surface area contributed by atoms with Crippen molar-refractivity contribution in [2.24, 2.45) is 11.8 Å². The van der Waals surface area contributed by atoms with E-state index in [1.807, 2.05) is 0 Å². The molecule has 1 fully saturated rings. The highest BCUT2D eigenvalue weighted by Gasteiger charge is 2.34. The molecule has 0 aromatic heterocycles. The van der Waals surface area contributed by atoms with Gasteiger partial charge < -0.3 is 10.2 Å². The van der Waals surface area contributed by atoms with Crippen LogP contribution in [0.15, 0.2) is 0 Å². The van der Waals surface area contributed by atoms with Gasteiger partial charge in [0.25, 0.3) is 0 Å².